The third-order valence-corrected chi connectivity index (χ3v) is 4.87. The number of carbonyl (C=O) groups is 1. The van der Waals surface area contributed by atoms with E-state index in [4.69, 9.17) is 0 Å². The lowest BCUT2D eigenvalue weighted by atomic mass is 10.1. The predicted octanol–water partition coefficient (Wildman–Crippen LogP) is 3.76. The van der Waals surface area contributed by atoms with Gasteiger partial charge in [0.15, 0.2) is 0 Å². The minimum atomic E-state index is -0.304. The maximum absolute atomic E-state index is 13.8. The number of thiophene rings is 1. The quantitative estimate of drug-likeness (QED) is 0.784. The smallest absolute Gasteiger partial charge is 0.267 e. The molecule has 1 aromatic carbocycles. The summed E-state index contributed by atoms with van der Waals surface area (Å²) in [7, 11) is 0. The zero-order valence-corrected chi connectivity index (χ0v) is 12.4. The first kappa shape index (κ1) is 13.1. The van der Waals surface area contributed by atoms with Crippen LogP contribution in [0.2, 0.25) is 0 Å². The van der Waals surface area contributed by atoms with E-state index in [1.54, 1.807) is 13.0 Å². The predicted molar refractivity (Wildman–Crippen MR) is 79.1 cm³/mol. The molecule has 0 fully saturated rings. The molecule has 0 aliphatic carbocycles. The Kier molecular flexibility index (Phi) is 3.23. The first-order valence-corrected chi connectivity index (χ1v) is 7.48. The molecule has 0 saturated carbocycles. The molecule has 1 N–H and O–H groups in total. The summed E-state index contributed by atoms with van der Waals surface area (Å²) in [4.78, 5) is 12.7. The van der Waals surface area contributed by atoms with Gasteiger partial charge in [0.1, 0.15) is 10.8 Å². The summed E-state index contributed by atoms with van der Waals surface area (Å²) in [6.45, 7) is 3.57. The number of anilines is 1. The average molecular weight is 307 g/mol. The van der Waals surface area contributed by atoms with Gasteiger partial charge >= 0.3 is 0 Å². The van der Waals surface area contributed by atoms with Gasteiger partial charge in [-0.3, -0.25) is 10.1 Å². The second-order valence-corrected chi connectivity index (χ2v) is 6.48. The molecular weight excluding hydrogens is 297 g/mol. The summed E-state index contributed by atoms with van der Waals surface area (Å²) < 4.78 is 14.6. The second kappa shape index (κ2) is 4.92. The van der Waals surface area contributed by atoms with E-state index in [0.29, 0.717) is 21.0 Å². The summed E-state index contributed by atoms with van der Waals surface area (Å²) in [6.07, 6.45) is 0. The van der Waals surface area contributed by atoms with Gasteiger partial charge in [-0.05, 0) is 31.5 Å². The molecule has 0 atom stereocenters. The van der Waals surface area contributed by atoms with Crippen LogP contribution in [-0.2, 0) is 0 Å². The molecule has 0 radical (unpaired) electrons. The summed E-state index contributed by atoms with van der Waals surface area (Å²) >= 11 is 2.58. The number of nitrogens with zero attached hydrogens (tertiary/aromatic N) is 2. The van der Waals surface area contributed by atoms with Gasteiger partial charge in [-0.1, -0.05) is 17.4 Å². The van der Waals surface area contributed by atoms with E-state index in [-0.39, 0.29) is 11.7 Å². The van der Waals surface area contributed by atoms with Gasteiger partial charge in [-0.15, -0.1) is 21.5 Å². The lowest BCUT2D eigenvalue weighted by molar-refractivity contribution is 0.103. The maximum atomic E-state index is 13.8. The number of aryl methyl sites for hydroxylation is 2. The van der Waals surface area contributed by atoms with Crippen LogP contribution in [-0.4, -0.2) is 16.1 Å². The summed E-state index contributed by atoms with van der Waals surface area (Å²) in [5, 5.41) is 12.1. The molecule has 0 saturated heterocycles. The standard InChI is InChI=1S/C13H10FN3OS2/c1-6-10-8(14)4-3-5-9(10)20-11(6)12(18)15-13-17-16-7(2)19-13/h3-5H,1-2H3,(H,15,17,18). The first-order chi connectivity index (χ1) is 9.56. The normalized spacial score (nSPS) is 10.9. The Morgan fingerprint density at radius 2 is 2.05 bits per heavy atom. The maximum Gasteiger partial charge on any atom is 0.267 e. The molecule has 20 heavy (non-hydrogen) atoms. The fourth-order valence-corrected chi connectivity index (χ4v) is 3.68. The van der Waals surface area contributed by atoms with Crippen LogP contribution in [0, 0.1) is 19.7 Å². The van der Waals surface area contributed by atoms with Gasteiger partial charge < -0.3 is 0 Å². The number of fused-ring (bicyclic) bond motifs is 1. The van der Waals surface area contributed by atoms with Crippen LogP contribution in [0.3, 0.4) is 0 Å². The SMILES string of the molecule is Cc1nnc(NC(=O)c2sc3cccc(F)c3c2C)s1. The highest BCUT2D eigenvalue weighted by molar-refractivity contribution is 7.21. The van der Waals surface area contributed by atoms with Gasteiger partial charge in [0.25, 0.3) is 5.91 Å². The fraction of sp³-hybridized carbons (Fsp3) is 0.154. The minimum Gasteiger partial charge on any atom is -0.296 e. The van der Waals surface area contributed by atoms with Gasteiger partial charge in [0.2, 0.25) is 5.13 Å². The molecule has 1 amide bonds. The van der Waals surface area contributed by atoms with Crippen LogP contribution in [0.5, 0.6) is 0 Å². The van der Waals surface area contributed by atoms with Crippen LogP contribution < -0.4 is 5.32 Å². The fourth-order valence-electron chi connectivity index (χ4n) is 1.97. The molecular formula is C13H10FN3OS2. The van der Waals surface area contributed by atoms with E-state index in [0.717, 1.165) is 9.71 Å². The largest absolute Gasteiger partial charge is 0.296 e. The number of amides is 1. The molecule has 102 valence electrons. The van der Waals surface area contributed by atoms with Crippen LogP contribution in [0.15, 0.2) is 18.2 Å². The van der Waals surface area contributed by atoms with E-state index in [1.807, 2.05) is 13.0 Å². The molecule has 3 aromatic rings. The third kappa shape index (κ3) is 2.19. The van der Waals surface area contributed by atoms with E-state index in [1.165, 1.54) is 28.7 Å². The van der Waals surface area contributed by atoms with E-state index < -0.39 is 0 Å². The number of halogens is 1. The third-order valence-electron chi connectivity index (χ3n) is 2.86. The Morgan fingerprint density at radius 1 is 1.25 bits per heavy atom. The Balaban J connectivity index is 1.99. The Labute approximate surface area is 122 Å². The second-order valence-electron chi connectivity index (χ2n) is 4.25. The van der Waals surface area contributed by atoms with Crippen molar-refractivity contribution in [2.75, 3.05) is 5.32 Å². The van der Waals surface area contributed by atoms with Gasteiger partial charge in [0, 0.05) is 10.1 Å². The van der Waals surface area contributed by atoms with Crippen molar-refractivity contribution in [2.24, 2.45) is 0 Å². The molecule has 3 rings (SSSR count). The van der Waals surface area contributed by atoms with E-state index in [9.17, 15) is 9.18 Å². The van der Waals surface area contributed by atoms with Crippen molar-refractivity contribution in [3.63, 3.8) is 0 Å². The molecule has 0 unspecified atom stereocenters. The lowest BCUT2D eigenvalue weighted by Gasteiger charge is -1.99. The van der Waals surface area contributed by atoms with Crippen LogP contribution in [0.4, 0.5) is 9.52 Å². The Bertz CT molecular complexity index is 809. The van der Waals surface area contributed by atoms with Crippen molar-refractivity contribution in [1.29, 1.82) is 0 Å². The number of aromatic nitrogens is 2. The zero-order valence-electron chi connectivity index (χ0n) is 10.7. The molecule has 0 spiro atoms. The minimum absolute atomic E-state index is 0.278. The van der Waals surface area contributed by atoms with Crippen molar-refractivity contribution in [3.05, 3.63) is 39.5 Å². The highest BCUT2D eigenvalue weighted by Crippen LogP contribution is 2.33. The highest BCUT2D eigenvalue weighted by atomic mass is 32.1. The van der Waals surface area contributed by atoms with Crippen molar-refractivity contribution >= 4 is 43.8 Å². The number of carbonyl (C=O) groups excluding carboxylic acids is 1. The molecule has 4 nitrogen and oxygen atoms in total. The number of rotatable bonds is 2. The highest BCUT2D eigenvalue weighted by Gasteiger charge is 2.18. The number of hydrogen-bond acceptors (Lipinski definition) is 5. The molecule has 2 aromatic heterocycles. The molecule has 7 heteroatoms. The van der Waals surface area contributed by atoms with Crippen LogP contribution in [0.25, 0.3) is 10.1 Å². The van der Waals surface area contributed by atoms with Gasteiger partial charge in [-0.2, -0.15) is 0 Å². The van der Waals surface area contributed by atoms with Crippen molar-refractivity contribution < 1.29 is 9.18 Å². The number of hydrogen-bond donors (Lipinski definition) is 1. The summed E-state index contributed by atoms with van der Waals surface area (Å²) in [5.74, 6) is -0.582. The summed E-state index contributed by atoms with van der Waals surface area (Å²) in [5.41, 5.74) is 0.654. The zero-order chi connectivity index (χ0) is 14.3. The van der Waals surface area contributed by atoms with Crippen molar-refractivity contribution in [2.45, 2.75) is 13.8 Å². The molecule has 0 aliphatic rings. The Morgan fingerprint density at radius 3 is 2.70 bits per heavy atom. The van der Waals surface area contributed by atoms with Gasteiger partial charge in [0.05, 0.1) is 4.88 Å². The topological polar surface area (TPSA) is 54.9 Å². The monoisotopic (exact) mass is 307 g/mol. The Hall–Kier alpha value is -1.86. The number of nitrogens with one attached hydrogen (secondary N) is 1. The van der Waals surface area contributed by atoms with Crippen molar-refractivity contribution in [1.82, 2.24) is 10.2 Å². The van der Waals surface area contributed by atoms with Crippen LogP contribution in [0.1, 0.15) is 20.2 Å². The van der Waals surface area contributed by atoms with Crippen molar-refractivity contribution in [3.8, 4) is 0 Å². The van der Waals surface area contributed by atoms with E-state index in [2.05, 4.69) is 15.5 Å². The molecule has 2 heterocycles. The van der Waals surface area contributed by atoms with E-state index >= 15 is 0 Å². The van der Waals surface area contributed by atoms with Crippen LogP contribution >= 0.6 is 22.7 Å². The number of benzene rings is 1. The van der Waals surface area contributed by atoms with Gasteiger partial charge in [-0.25, -0.2) is 4.39 Å². The lowest BCUT2D eigenvalue weighted by Crippen LogP contribution is -2.11. The summed E-state index contributed by atoms with van der Waals surface area (Å²) in [6, 6.07) is 4.85. The molecule has 0 bridgehead atoms. The molecule has 0 aliphatic heterocycles. The average Bonchev–Trinajstić information content (AvgIpc) is 2.95. The first-order valence-electron chi connectivity index (χ1n) is 5.85.